The summed E-state index contributed by atoms with van der Waals surface area (Å²) in [5, 5.41) is 8.61. The van der Waals surface area contributed by atoms with Gasteiger partial charge in [-0.2, -0.15) is 5.10 Å². The maximum absolute atomic E-state index is 12.8. The molecule has 0 spiro atoms. The highest BCUT2D eigenvalue weighted by molar-refractivity contribution is 6.05. The molecule has 2 aromatic rings. The van der Waals surface area contributed by atoms with Gasteiger partial charge in [0.15, 0.2) is 0 Å². The summed E-state index contributed by atoms with van der Waals surface area (Å²) in [7, 11) is 0. The minimum Gasteiger partial charge on any atom is -0.444 e. The molecule has 1 aliphatic heterocycles. The van der Waals surface area contributed by atoms with Crippen molar-refractivity contribution in [3.05, 3.63) is 30.0 Å². The van der Waals surface area contributed by atoms with Gasteiger partial charge in [0.25, 0.3) is 5.91 Å². The Kier molecular flexibility index (Phi) is 6.15. The van der Waals surface area contributed by atoms with E-state index < -0.39 is 5.60 Å². The topological polar surface area (TPSA) is 76.5 Å². The maximum atomic E-state index is 12.8. The Labute approximate surface area is 172 Å². The molecule has 1 N–H and O–H groups in total. The Balaban J connectivity index is 1.54. The average molecular weight is 401 g/mol. The fraction of sp³-hybridized carbons (Fsp3) is 0.591. The molecule has 0 bridgehead atoms. The minimum atomic E-state index is -0.481. The quantitative estimate of drug-likeness (QED) is 0.842. The number of fused-ring (bicyclic) bond motifs is 1. The smallest absolute Gasteiger partial charge is 0.410 e. The van der Waals surface area contributed by atoms with Crippen LogP contribution in [0.2, 0.25) is 0 Å². The average Bonchev–Trinajstić information content (AvgIpc) is 3.10. The van der Waals surface area contributed by atoms with Crippen molar-refractivity contribution < 1.29 is 14.3 Å². The number of carbonyl (C=O) groups excluding carboxylic acids is 2. The van der Waals surface area contributed by atoms with Crippen molar-refractivity contribution in [3.8, 4) is 0 Å². The van der Waals surface area contributed by atoms with Crippen molar-refractivity contribution in [1.82, 2.24) is 20.0 Å². The van der Waals surface area contributed by atoms with E-state index in [1.54, 1.807) is 4.90 Å². The van der Waals surface area contributed by atoms with E-state index in [4.69, 9.17) is 4.74 Å². The van der Waals surface area contributed by atoms with Gasteiger partial charge >= 0.3 is 6.09 Å². The number of nitrogens with one attached hydrogen (secondary N) is 1. The van der Waals surface area contributed by atoms with Crippen LogP contribution in [-0.4, -0.2) is 51.9 Å². The van der Waals surface area contributed by atoms with Gasteiger partial charge < -0.3 is 15.0 Å². The number of amides is 2. The third-order valence-electron chi connectivity index (χ3n) is 5.15. The number of nitrogens with zero attached hydrogens (tertiary/aromatic N) is 3. The van der Waals surface area contributed by atoms with Crippen molar-refractivity contribution in [1.29, 1.82) is 0 Å². The number of hydrogen-bond acceptors (Lipinski definition) is 4. The normalized spacial score (nSPS) is 15.7. The van der Waals surface area contributed by atoms with Crippen LogP contribution in [0.4, 0.5) is 4.79 Å². The molecule has 158 valence electrons. The molecule has 7 heteroatoms. The first-order valence-corrected chi connectivity index (χ1v) is 10.4. The Bertz CT molecular complexity index is 874. The summed E-state index contributed by atoms with van der Waals surface area (Å²) in [6, 6.07) is 5.93. The lowest BCUT2D eigenvalue weighted by Gasteiger charge is -2.33. The number of carbonyl (C=O) groups is 2. The summed E-state index contributed by atoms with van der Waals surface area (Å²) in [5.74, 6) is 0.254. The molecule has 1 aromatic heterocycles. The zero-order chi connectivity index (χ0) is 21.2. The largest absolute Gasteiger partial charge is 0.444 e. The molecular formula is C22H32N4O3. The lowest BCUT2D eigenvalue weighted by molar-refractivity contribution is 0.0183. The molecule has 2 heterocycles. The first kappa shape index (κ1) is 21.1. The van der Waals surface area contributed by atoms with Crippen molar-refractivity contribution in [2.45, 2.75) is 59.1 Å². The molecule has 3 rings (SSSR count). The highest BCUT2D eigenvalue weighted by Gasteiger charge is 2.27. The summed E-state index contributed by atoms with van der Waals surface area (Å²) in [6.45, 7) is 11.7. The van der Waals surface area contributed by atoms with Gasteiger partial charge in [-0.3, -0.25) is 9.48 Å². The van der Waals surface area contributed by atoms with Gasteiger partial charge in [-0.25, -0.2) is 4.79 Å². The van der Waals surface area contributed by atoms with Crippen LogP contribution < -0.4 is 5.32 Å². The SMILES string of the molecule is CC(C)n1cc2cccc(C(=O)NCC3CCN(C(=O)OC(C)(C)C)CC3)c2n1. The van der Waals surface area contributed by atoms with Crippen LogP contribution >= 0.6 is 0 Å². The Hall–Kier alpha value is -2.57. The lowest BCUT2D eigenvalue weighted by atomic mass is 9.97. The summed E-state index contributed by atoms with van der Waals surface area (Å²) in [5.41, 5.74) is 0.859. The van der Waals surface area contributed by atoms with E-state index in [0.717, 1.165) is 23.7 Å². The number of rotatable bonds is 4. The van der Waals surface area contributed by atoms with E-state index in [1.165, 1.54) is 0 Å². The Morgan fingerprint density at radius 3 is 2.55 bits per heavy atom. The molecule has 2 amide bonds. The second-order valence-corrected chi connectivity index (χ2v) is 9.07. The molecule has 7 nitrogen and oxygen atoms in total. The van der Waals surface area contributed by atoms with Crippen LogP contribution in [0.15, 0.2) is 24.4 Å². The fourth-order valence-electron chi connectivity index (χ4n) is 3.49. The van der Waals surface area contributed by atoms with Crippen molar-refractivity contribution in [2.24, 2.45) is 5.92 Å². The van der Waals surface area contributed by atoms with E-state index >= 15 is 0 Å². The number of ether oxygens (including phenoxy) is 1. The van der Waals surface area contributed by atoms with Crippen LogP contribution in [0.5, 0.6) is 0 Å². The molecule has 1 aliphatic rings. The summed E-state index contributed by atoms with van der Waals surface area (Å²) in [6.07, 6.45) is 3.42. The van der Waals surface area contributed by atoms with Crippen LogP contribution in [0.1, 0.15) is 63.9 Å². The first-order valence-electron chi connectivity index (χ1n) is 10.4. The van der Waals surface area contributed by atoms with E-state index in [0.29, 0.717) is 31.1 Å². The van der Waals surface area contributed by atoms with Crippen molar-refractivity contribution in [3.63, 3.8) is 0 Å². The third kappa shape index (κ3) is 5.28. The van der Waals surface area contributed by atoms with Gasteiger partial charge in [0.2, 0.25) is 0 Å². The zero-order valence-electron chi connectivity index (χ0n) is 18.1. The fourth-order valence-corrected chi connectivity index (χ4v) is 3.49. The zero-order valence-corrected chi connectivity index (χ0v) is 18.1. The Morgan fingerprint density at radius 2 is 1.93 bits per heavy atom. The number of hydrogen-bond donors (Lipinski definition) is 1. The van der Waals surface area contributed by atoms with E-state index in [2.05, 4.69) is 24.3 Å². The Morgan fingerprint density at radius 1 is 1.24 bits per heavy atom. The summed E-state index contributed by atoms with van der Waals surface area (Å²) < 4.78 is 7.32. The molecule has 0 saturated carbocycles. The summed E-state index contributed by atoms with van der Waals surface area (Å²) in [4.78, 5) is 26.7. The van der Waals surface area contributed by atoms with Gasteiger partial charge in [0.1, 0.15) is 11.1 Å². The van der Waals surface area contributed by atoms with Crippen LogP contribution in [0.3, 0.4) is 0 Å². The summed E-state index contributed by atoms with van der Waals surface area (Å²) >= 11 is 0. The predicted octanol–water partition coefficient (Wildman–Crippen LogP) is 3.99. The molecule has 1 fully saturated rings. The van der Waals surface area contributed by atoms with E-state index in [9.17, 15) is 9.59 Å². The maximum Gasteiger partial charge on any atom is 0.410 e. The monoisotopic (exact) mass is 400 g/mol. The van der Waals surface area contributed by atoms with E-state index in [1.807, 2.05) is 49.8 Å². The van der Waals surface area contributed by atoms with Gasteiger partial charge in [-0.05, 0) is 59.4 Å². The van der Waals surface area contributed by atoms with Gasteiger partial charge in [0, 0.05) is 37.3 Å². The van der Waals surface area contributed by atoms with Crippen LogP contribution in [0.25, 0.3) is 10.9 Å². The van der Waals surface area contributed by atoms with Crippen LogP contribution in [-0.2, 0) is 4.74 Å². The number of benzene rings is 1. The third-order valence-corrected chi connectivity index (χ3v) is 5.15. The standard InChI is InChI=1S/C22H32N4O3/c1-15(2)26-14-17-7-6-8-18(19(17)24-26)20(27)23-13-16-9-11-25(12-10-16)21(28)29-22(3,4)5/h6-8,14-16H,9-13H2,1-5H3,(H,23,27). The molecule has 0 unspecified atom stereocenters. The molecule has 29 heavy (non-hydrogen) atoms. The van der Waals surface area contributed by atoms with Crippen molar-refractivity contribution in [2.75, 3.05) is 19.6 Å². The van der Waals surface area contributed by atoms with Crippen molar-refractivity contribution >= 4 is 22.9 Å². The predicted molar refractivity (Wildman–Crippen MR) is 113 cm³/mol. The minimum absolute atomic E-state index is 0.0980. The highest BCUT2D eigenvalue weighted by Crippen LogP contribution is 2.21. The van der Waals surface area contributed by atoms with Crippen LogP contribution in [0, 0.1) is 5.92 Å². The second-order valence-electron chi connectivity index (χ2n) is 9.07. The molecule has 0 atom stereocenters. The number of aromatic nitrogens is 2. The van der Waals surface area contributed by atoms with E-state index in [-0.39, 0.29) is 18.0 Å². The molecule has 0 aliphatic carbocycles. The lowest BCUT2D eigenvalue weighted by Crippen LogP contribution is -2.43. The molecule has 0 radical (unpaired) electrons. The molecule has 1 aromatic carbocycles. The first-order chi connectivity index (χ1) is 13.6. The molecule has 1 saturated heterocycles. The highest BCUT2D eigenvalue weighted by atomic mass is 16.6. The van der Waals surface area contributed by atoms with Gasteiger partial charge in [-0.1, -0.05) is 12.1 Å². The molecular weight excluding hydrogens is 368 g/mol. The van der Waals surface area contributed by atoms with Gasteiger partial charge in [-0.15, -0.1) is 0 Å². The number of likely N-dealkylation sites (tertiary alicyclic amines) is 1. The second kappa shape index (κ2) is 8.43. The number of piperidine rings is 1. The van der Waals surface area contributed by atoms with Gasteiger partial charge in [0.05, 0.1) is 5.56 Å².